The van der Waals surface area contributed by atoms with Crippen LogP contribution in [0, 0.1) is 19.8 Å². The van der Waals surface area contributed by atoms with Gasteiger partial charge in [0.25, 0.3) is 0 Å². The van der Waals surface area contributed by atoms with Crippen molar-refractivity contribution in [3.8, 4) is 0 Å². The summed E-state index contributed by atoms with van der Waals surface area (Å²) in [4.78, 5) is 12.1. The lowest BCUT2D eigenvalue weighted by molar-refractivity contribution is -0.123. The molecule has 2 heterocycles. The summed E-state index contributed by atoms with van der Waals surface area (Å²) in [5.41, 5.74) is 1.97. The summed E-state index contributed by atoms with van der Waals surface area (Å²) in [6.45, 7) is 9.58. The average Bonchev–Trinajstić information content (AvgIpc) is 2.63. The number of piperidine rings is 1. The second-order valence-electron chi connectivity index (χ2n) is 5.69. The Morgan fingerprint density at radius 3 is 2.62 bits per heavy atom. The largest absolute Gasteiger partial charge is 0.350 e. The van der Waals surface area contributed by atoms with Gasteiger partial charge in [0.2, 0.25) is 5.91 Å². The summed E-state index contributed by atoms with van der Waals surface area (Å²) in [6.07, 6.45) is 1.11. The fraction of sp³-hybridized carbons (Fsp3) is 0.714. The highest BCUT2D eigenvalue weighted by Gasteiger charge is 2.28. The number of nitrogens with zero attached hydrogens (tertiary/aromatic N) is 2. The first-order valence-electron chi connectivity index (χ1n) is 7.01. The molecule has 0 aromatic carbocycles. The molecule has 122 valence electrons. The highest BCUT2D eigenvalue weighted by atomic mass is 35.5. The Bertz CT molecular complexity index is 454. The Kier molecular flexibility index (Phi) is 8.29. The van der Waals surface area contributed by atoms with Crippen LogP contribution < -0.4 is 10.6 Å². The summed E-state index contributed by atoms with van der Waals surface area (Å²) in [7, 11) is 0. The Balaban J connectivity index is 0.00000200. The van der Waals surface area contributed by atoms with Crippen LogP contribution in [0.3, 0.4) is 0 Å². The summed E-state index contributed by atoms with van der Waals surface area (Å²) in [5, 5.41) is 10.9. The lowest BCUT2D eigenvalue weighted by atomic mass is 9.89. The molecule has 1 aromatic rings. The molecule has 1 aromatic heterocycles. The van der Waals surface area contributed by atoms with E-state index in [4.69, 9.17) is 0 Å². The van der Waals surface area contributed by atoms with Crippen molar-refractivity contribution in [3.05, 3.63) is 17.5 Å². The van der Waals surface area contributed by atoms with Crippen molar-refractivity contribution in [2.24, 2.45) is 5.92 Å². The quantitative estimate of drug-likeness (QED) is 0.885. The van der Waals surface area contributed by atoms with E-state index in [1.165, 1.54) is 0 Å². The smallest absolute Gasteiger partial charge is 0.242 e. The van der Waals surface area contributed by atoms with Gasteiger partial charge < -0.3 is 10.6 Å². The van der Waals surface area contributed by atoms with Gasteiger partial charge in [-0.25, -0.2) is 0 Å². The third-order valence-electron chi connectivity index (χ3n) is 3.94. The van der Waals surface area contributed by atoms with Crippen molar-refractivity contribution in [3.63, 3.8) is 0 Å². The Labute approximate surface area is 139 Å². The van der Waals surface area contributed by atoms with E-state index in [1.807, 2.05) is 19.9 Å². The maximum atomic E-state index is 12.1. The number of carbonyl (C=O) groups excluding carboxylic acids is 1. The van der Waals surface area contributed by atoms with Gasteiger partial charge in [-0.1, -0.05) is 6.92 Å². The second kappa shape index (κ2) is 8.61. The number of aryl methyl sites for hydroxylation is 2. The molecule has 2 rings (SSSR count). The molecule has 1 fully saturated rings. The first-order chi connectivity index (χ1) is 8.97. The molecule has 21 heavy (non-hydrogen) atoms. The van der Waals surface area contributed by atoms with Crippen LogP contribution in [-0.2, 0) is 11.3 Å². The minimum absolute atomic E-state index is 0. The normalized spacial score (nSPS) is 24.7. The van der Waals surface area contributed by atoms with E-state index >= 15 is 0 Å². The molecule has 3 unspecified atom stereocenters. The maximum absolute atomic E-state index is 12.1. The van der Waals surface area contributed by atoms with E-state index in [-0.39, 0.29) is 36.8 Å². The Hall–Kier alpha value is -0.780. The number of halogens is 2. The van der Waals surface area contributed by atoms with Crippen molar-refractivity contribution in [2.75, 3.05) is 6.54 Å². The van der Waals surface area contributed by atoms with E-state index in [0.29, 0.717) is 18.5 Å². The van der Waals surface area contributed by atoms with Crippen molar-refractivity contribution in [1.82, 2.24) is 20.4 Å². The van der Waals surface area contributed by atoms with Crippen LogP contribution >= 0.6 is 24.8 Å². The SMILES string of the molecule is Cc1cc(C)n(CC(=O)NC2C(C)CCNC2C)n1.Cl.Cl. The average molecular weight is 337 g/mol. The molecule has 1 saturated heterocycles. The lowest BCUT2D eigenvalue weighted by Crippen LogP contribution is -2.56. The zero-order valence-electron chi connectivity index (χ0n) is 13.0. The number of hydrogen-bond donors (Lipinski definition) is 2. The number of carbonyl (C=O) groups is 1. The van der Waals surface area contributed by atoms with Crippen LogP contribution in [0.1, 0.15) is 31.7 Å². The van der Waals surface area contributed by atoms with Crippen LogP contribution in [0.2, 0.25) is 0 Å². The van der Waals surface area contributed by atoms with Gasteiger partial charge in [-0.3, -0.25) is 9.48 Å². The number of hydrogen-bond acceptors (Lipinski definition) is 3. The van der Waals surface area contributed by atoms with Gasteiger partial charge in [0, 0.05) is 17.8 Å². The lowest BCUT2D eigenvalue weighted by Gasteiger charge is -2.36. The van der Waals surface area contributed by atoms with Crippen molar-refractivity contribution < 1.29 is 4.79 Å². The summed E-state index contributed by atoms with van der Waals surface area (Å²) < 4.78 is 1.76. The highest BCUT2D eigenvalue weighted by Crippen LogP contribution is 2.16. The standard InChI is InChI=1S/C14H24N4O.2ClH/c1-9-5-6-15-12(4)14(9)16-13(19)8-18-11(3)7-10(2)17-18;;/h7,9,12,14-15H,5-6,8H2,1-4H3,(H,16,19);2*1H. The molecule has 0 radical (unpaired) electrons. The molecule has 7 heteroatoms. The number of nitrogens with one attached hydrogen (secondary N) is 2. The fourth-order valence-electron chi connectivity index (χ4n) is 2.81. The van der Waals surface area contributed by atoms with Gasteiger partial charge in [0.05, 0.1) is 5.69 Å². The molecular formula is C14H26Cl2N4O. The van der Waals surface area contributed by atoms with Crippen molar-refractivity contribution in [1.29, 1.82) is 0 Å². The summed E-state index contributed by atoms with van der Waals surface area (Å²) in [6, 6.07) is 2.52. The van der Waals surface area contributed by atoms with E-state index in [0.717, 1.165) is 24.4 Å². The predicted molar refractivity (Wildman–Crippen MR) is 89.4 cm³/mol. The first kappa shape index (κ1) is 20.2. The van der Waals surface area contributed by atoms with Gasteiger partial charge in [-0.15, -0.1) is 24.8 Å². The molecule has 0 saturated carbocycles. The zero-order chi connectivity index (χ0) is 14.0. The molecule has 1 aliphatic rings. The summed E-state index contributed by atoms with van der Waals surface area (Å²) >= 11 is 0. The molecule has 2 N–H and O–H groups in total. The molecular weight excluding hydrogens is 311 g/mol. The molecule has 0 aliphatic carbocycles. The predicted octanol–water partition coefficient (Wildman–Crippen LogP) is 1.85. The minimum atomic E-state index is 0. The van der Waals surface area contributed by atoms with Crippen LogP contribution in [-0.4, -0.2) is 34.3 Å². The molecule has 3 atom stereocenters. The van der Waals surface area contributed by atoms with Gasteiger partial charge in [-0.05, 0) is 45.7 Å². The number of aromatic nitrogens is 2. The molecule has 5 nitrogen and oxygen atoms in total. The second-order valence-corrected chi connectivity index (χ2v) is 5.69. The monoisotopic (exact) mass is 336 g/mol. The third kappa shape index (κ3) is 5.16. The van der Waals surface area contributed by atoms with E-state index < -0.39 is 0 Å². The third-order valence-corrected chi connectivity index (χ3v) is 3.94. The first-order valence-corrected chi connectivity index (χ1v) is 7.01. The Morgan fingerprint density at radius 2 is 2.10 bits per heavy atom. The topological polar surface area (TPSA) is 59.0 Å². The van der Waals surface area contributed by atoms with Crippen molar-refractivity contribution in [2.45, 2.75) is 52.7 Å². The van der Waals surface area contributed by atoms with E-state index in [2.05, 4.69) is 29.6 Å². The molecule has 0 spiro atoms. The zero-order valence-corrected chi connectivity index (χ0v) is 14.7. The van der Waals surface area contributed by atoms with Crippen LogP contribution in [0.4, 0.5) is 0 Å². The summed E-state index contributed by atoms with van der Waals surface area (Å²) in [5.74, 6) is 0.555. The molecule has 0 bridgehead atoms. The number of amides is 1. The number of rotatable bonds is 3. The molecule has 1 aliphatic heterocycles. The fourth-order valence-corrected chi connectivity index (χ4v) is 2.81. The van der Waals surface area contributed by atoms with Crippen LogP contribution in [0.25, 0.3) is 0 Å². The van der Waals surface area contributed by atoms with Crippen LogP contribution in [0.15, 0.2) is 6.07 Å². The van der Waals surface area contributed by atoms with Gasteiger partial charge in [-0.2, -0.15) is 5.10 Å². The van der Waals surface area contributed by atoms with Gasteiger partial charge in [0.15, 0.2) is 0 Å². The van der Waals surface area contributed by atoms with E-state index in [9.17, 15) is 4.79 Å². The minimum Gasteiger partial charge on any atom is -0.350 e. The van der Waals surface area contributed by atoms with Crippen LogP contribution in [0.5, 0.6) is 0 Å². The highest BCUT2D eigenvalue weighted by molar-refractivity contribution is 5.85. The van der Waals surface area contributed by atoms with E-state index in [1.54, 1.807) is 4.68 Å². The van der Waals surface area contributed by atoms with Gasteiger partial charge >= 0.3 is 0 Å². The Morgan fingerprint density at radius 1 is 1.43 bits per heavy atom. The maximum Gasteiger partial charge on any atom is 0.242 e. The van der Waals surface area contributed by atoms with Crippen molar-refractivity contribution >= 4 is 30.7 Å². The van der Waals surface area contributed by atoms with Gasteiger partial charge in [0.1, 0.15) is 6.54 Å². The molecule has 1 amide bonds.